The summed E-state index contributed by atoms with van der Waals surface area (Å²) in [7, 11) is 4.85. The Balaban J connectivity index is -0.0000000676. The second-order valence-electron chi connectivity index (χ2n) is 6.64. The van der Waals surface area contributed by atoms with E-state index < -0.39 is 0 Å². The summed E-state index contributed by atoms with van der Waals surface area (Å²) in [4.78, 5) is 28.8. The van der Waals surface area contributed by atoms with Crippen LogP contribution in [0.2, 0.25) is 0 Å². The van der Waals surface area contributed by atoms with Crippen molar-refractivity contribution in [1.82, 2.24) is 15.3 Å². The Morgan fingerprint density at radius 3 is 1.23 bits per heavy atom. The Morgan fingerprint density at radius 1 is 0.625 bits per heavy atom. The third kappa shape index (κ3) is 42.9. The third-order valence-electron chi connectivity index (χ3n) is 4.02. The predicted molar refractivity (Wildman–Crippen MR) is 199 cm³/mol. The summed E-state index contributed by atoms with van der Waals surface area (Å²) in [6.07, 6.45) is 8.55. The number of carbonyl (C=O) groups excluding carboxylic acids is 2. The van der Waals surface area contributed by atoms with Crippen molar-refractivity contribution < 1.29 is 135 Å². The van der Waals surface area contributed by atoms with Crippen LogP contribution in [0.1, 0.15) is 87.5 Å². The standard InChI is InChI=1S/2C8H9NO.2C6H6NO.4C2H6.2CH4.2Rb/c1-9-8(10)7-5-3-2-4-6-7;1-7(10)9-8-5-3-2-4-6-8;2*1-8-6-2-4-7-5-3-6;4*1-2;;;;/h2*2-6H,1H3,(H,9,10);2*2-4H,1H3;4*1-2H3;2*1H4;;/q;;2*-1;;;;;;;2*+1. The molecule has 2 aromatic carbocycles. The van der Waals surface area contributed by atoms with E-state index in [1.165, 1.54) is 6.92 Å². The van der Waals surface area contributed by atoms with Gasteiger partial charge in [-0.3, -0.25) is 9.59 Å². The Labute approximate surface area is 392 Å². The molecule has 10 heteroatoms. The Kier molecular flexibility index (Phi) is 75.2. The first-order chi connectivity index (χ1) is 21.5. The van der Waals surface area contributed by atoms with Crippen molar-refractivity contribution >= 4 is 17.5 Å². The maximum Gasteiger partial charge on any atom is 1.00 e. The maximum absolute atomic E-state index is 10.9. The van der Waals surface area contributed by atoms with Gasteiger partial charge < -0.3 is 30.1 Å². The van der Waals surface area contributed by atoms with Crippen LogP contribution >= 0.6 is 0 Å². The number of amides is 2. The van der Waals surface area contributed by atoms with E-state index in [1.807, 2.05) is 104 Å². The molecule has 0 spiro atoms. The van der Waals surface area contributed by atoms with E-state index >= 15 is 0 Å². The molecular formula is C38H62N4O4Rb2. The molecule has 0 atom stereocenters. The zero-order chi connectivity index (χ0) is 34.4. The predicted octanol–water partition coefficient (Wildman–Crippen LogP) is 3.86. The summed E-state index contributed by atoms with van der Waals surface area (Å²) in [5, 5.41) is 5.21. The molecule has 0 saturated carbocycles. The number of rotatable bonds is 4. The van der Waals surface area contributed by atoms with E-state index in [2.05, 4.69) is 33.0 Å². The Hall–Kier alpha value is -1.11. The number of aromatic nitrogens is 2. The summed E-state index contributed by atoms with van der Waals surface area (Å²) >= 11 is 0. The van der Waals surface area contributed by atoms with Crippen molar-refractivity contribution in [3.63, 3.8) is 0 Å². The van der Waals surface area contributed by atoms with Gasteiger partial charge in [0.1, 0.15) is 0 Å². The Bertz CT molecular complexity index is 1070. The largest absolute Gasteiger partial charge is 1.00 e. The molecule has 0 saturated heterocycles. The van der Waals surface area contributed by atoms with Gasteiger partial charge in [-0.25, -0.2) is 0 Å². The van der Waals surface area contributed by atoms with Crippen molar-refractivity contribution in [2.75, 3.05) is 26.6 Å². The quantitative estimate of drug-likeness (QED) is 0.304. The van der Waals surface area contributed by atoms with Crippen LogP contribution in [-0.2, 0) is 4.79 Å². The molecule has 260 valence electrons. The van der Waals surface area contributed by atoms with Gasteiger partial charge in [-0.05, 0) is 24.3 Å². The van der Waals surface area contributed by atoms with Crippen LogP contribution < -0.4 is 136 Å². The van der Waals surface area contributed by atoms with Crippen LogP contribution in [0.25, 0.3) is 0 Å². The van der Waals surface area contributed by atoms with E-state index in [4.69, 9.17) is 9.47 Å². The van der Waals surface area contributed by atoms with Crippen molar-refractivity contribution in [1.29, 1.82) is 0 Å². The summed E-state index contributed by atoms with van der Waals surface area (Å²) in [5.41, 5.74) is 1.54. The van der Waals surface area contributed by atoms with Crippen molar-refractivity contribution in [2.24, 2.45) is 0 Å². The van der Waals surface area contributed by atoms with Crippen LogP contribution in [0.5, 0.6) is 11.5 Å². The van der Waals surface area contributed by atoms with Gasteiger partial charge in [0.2, 0.25) is 5.91 Å². The number of ether oxygens (including phenoxy) is 2. The van der Waals surface area contributed by atoms with Crippen molar-refractivity contribution in [3.8, 4) is 11.5 Å². The Morgan fingerprint density at radius 2 is 0.979 bits per heavy atom. The molecule has 8 nitrogen and oxygen atoms in total. The molecular weight excluding hydrogens is 747 g/mol. The molecule has 2 aromatic heterocycles. The average Bonchev–Trinajstić information content (AvgIpc) is 3.13. The maximum atomic E-state index is 10.9. The van der Waals surface area contributed by atoms with E-state index in [-0.39, 0.29) is 143 Å². The number of hydrogen-bond donors (Lipinski definition) is 2. The van der Waals surface area contributed by atoms with Gasteiger partial charge in [0, 0.05) is 36.7 Å². The van der Waals surface area contributed by atoms with Crippen molar-refractivity contribution in [3.05, 3.63) is 115 Å². The van der Waals surface area contributed by atoms with Gasteiger partial charge in [-0.15, -0.1) is 24.3 Å². The number of para-hydroxylation sites is 1. The zero-order valence-corrected chi connectivity index (χ0v) is 40.6. The minimum absolute atomic E-state index is 0. The molecule has 4 rings (SSSR count). The summed E-state index contributed by atoms with van der Waals surface area (Å²) in [5.74, 6) is 1.51. The molecule has 48 heavy (non-hydrogen) atoms. The van der Waals surface area contributed by atoms with Crippen LogP contribution in [0.3, 0.4) is 0 Å². The number of benzene rings is 2. The summed E-state index contributed by atoms with van der Waals surface area (Å²) < 4.78 is 9.69. The summed E-state index contributed by atoms with van der Waals surface area (Å²) in [6, 6.07) is 25.4. The molecule has 4 aromatic rings. The summed E-state index contributed by atoms with van der Waals surface area (Å²) in [6.45, 7) is 17.5. The van der Waals surface area contributed by atoms with Gasteiger partial charge in [0.25, 0.3) is 5.91 Å². The van der Waals surface area contributed by atoms with Crippen LogP contribution in [0.15, 0.2) is 97.3 Å². The smallest absolute Gasteiger partial charge is 0.554 e. The molecule has 0 bridgehead atoms. The number of anilines is 1. The first-order valence-corrected chi connectivity index (χ1v) is 14.8. The van der Waals surface area contributed by atoms with E-state index in [0.717, 1.165) is 17.2 Å². The monoisotopic (exact) mass is 808 g/mol. The number of hydrogen-bond acceptors (Lipinski definition) is 6. The molecule has 0 unspecified atom stereocenters. The molecule has 0 aliphatic heterocycles. The van der Waals surface area contributed by atoms with E-state index in [9.17, 15) is 9.59 Å². The fraction of sp³-hybridized carbons (Fsp3) is 0.368. The first kappa shape index (κ1) is 65.3. The zero-order valence-electron chi connectivity index (χ0n) is 30.8. The van der Waals surface area contributed by atoms with Crippen molar-refractivity contribution in [2.45, 2.75) is 77.2 Å². The molecule has 0 radical (unpaired) electrons. The minimum atomic E-state index is -0.0411. The second-order valence-corrected chi connectivity index (χ2v) is 6.64. The molecule has 2 heterocycles. The molecule has 0 fully saturated rings. The molecule has 2 amide bonds. The van der Waals surface area contributed by atoms with E-state index in [0.29, 0.717) is 5.56 Å². The number of carbonyl (C=O) groups is 2. The molecule has 0 aliphatic rings. The topological polar surface area (TPSA) is 102 Å². The van der Waals surface area contributed by atoms with Gasteiger partial charge in [-0.1, -0.05) is 131 Å². The van der Waals surface area contributed by atoms with Gasteiger partial charge in [0.15, 0.2) is 0 Å². The fourth-order valence-electron chi connectivity index (χ4n) is 2.32. The fourth-order valence-corrected chi connectivity index (χ4v) is 2.32. The second kappa shape index (κ2) is 55.3. The van der Waals surface area contributed by atoms with E-state index in [1.54, 1.807) is 70.1 Å². The van der Waals surface area contributed by atoms with Gasteiger partial charge in [0.05, 0.1) is 14.2 Å². The normalized spacial score (nSPS) is 7.08. The minimum Gasteiger partial charge on any atom is -0.554 e. The first-order valence-electron chi connectivity index (χ1n) is 14.8. The van der Waals surface area contributed by atoms with Crippen LogP contribution in [0.4, 0.5) is 5.69 Å². The van der Waals surface area contributed by atoms with Crippen LogP contribution in [0, 0.1) is 12.4 Å². The number of nitrogens with one attached hydrogen (secondary N) is 2. The number of nitrogens with zero attached hydrogens (tertiary/aromatic N) is 2. The third-order valence-corrected chi connectivity index (χ3v) is 4.02. The average molecular weight is 810 g/mol. The molecule has 0 aliphatic carbocycles. The number of methoxy groups -OCH3 is 2. The van der Waals surface area contributed by atoms with Crippen LogP contribution in [-0.4, -0.2) is 43.0 Å². The number of pyridine rings is 2. The van der Waals surface area contributed by atoms with Gasteiger partial charge in [-0.2, -0.15) is 0 Å². The van der Waals surface area contributed by atoms with Gasteiger partial charge >= 0.3 is 116 Å². The SMILES string of the molecule is C.C.CC.CC.CC.CC.CC(=O)Nc1ccccc1.CNC(=O)c1ccccc1.COc1c[c-]ncc1.COc1c[c-]ncc1.[Rb+].[Rb+]. The molecule has 2 N–H and O–H groups in total.